The largest absolute Gasteiger partial charge is 0.497 e. The summed E-state index contributed by atoms with van der Waals surface area (Å²) in [5.74, 6) is 0.967. The molecular weight excluding hydrogens is 436 g/mol. The molecule has 174 valence electrons. The fourth-order valence-corrected chi connectivity index (χ4v) is 2.82. The van der Waals surface area contributed by atoms with Gasteiger partial charge in [-0.15, -0.1) is 0 Å². The van der Waals surface area contributed by atoms with Gasteiger partial charge in [0.1, 0.15) is 18.1 Å². The van der Waals surface area contributed by atoms with E-state index in [1.54, 1.807) is 79.9 Å². The molecule has 0 aliphatic carbocycles. The normalized spacial score (nSPS) is 10.4. The molecule has 0 bridgehead atoms. The van der Waals surface area contributed by atoms with Crippen molar-refractivity contribution < 1.29 is 28.5 Å². The Kier molecular flexibility index (Phi) is 8.40. The summed E-state index contributed by atoms with van der Waals surface area (Å²) in [6, 6.07) is 18.1. The van der Waals surface area contributed by atoms with E-state index in [4.69, 9.17) is 18.9 Å². The van der Waals surface area contributed by atoms with Crippen molar-refractivity contribution >= 4 is 18.1 Å². The fourth-order valence-electron chi connectivity index (χ4n) is 2.82. The molecule has 0 radical (unpaired) electrons. The SMILES string of the molecule is C=CCOc1ccc(C(=O)NN=Cc2ccc(OC(=O)c3ccc(OC)cc3)c(OC)c2)cc1. The molecule has 3 rings (SSSR count). The van der Waals surface area contributed by atoms with E-state index >= 15 is 0 Å². The van der Waals surface area contributed by atoms with Crippen molar-refractivity contribution in [2.75, 3.05) is 20.8 Å². The Morgan fingerprint density at radius 3 is 2.21 bits per heavy atom. The molecule has 3 aromatic rings. The van der Waals surface area contributed by atoms with E-state index in [1.807, 2.05) is 0 Å². The first-order valence-electron chi connectivity index (χ1n) is 10.3. The van der Waals surface area contributed by atoms with Crippen LogP contribution in [0.15, 0.2) is 84.5 Å². The summed E-state index contributed by atoms with van der Waals surface area (Å²) in [5, 5.41) is 3.98. The second-order valence-corrected chi connectivity index (χ2v) is 6.85. The van der Waals surface area contributed by atoms with Crippen LogP contribution >= 0.6 is 0 Å². The highest BCUT2D eigenvalue weighted by atomic mass is 16.6. The third-order valence-electron chi connectivity index (χ3n) is 4.58. The van der Waals surface area contributed by atoms with Gasteiger partial charge in [-0.2, -0.15) is 5.10 Å². The number of carbonyl (C=O) groups is 2. The van der Waals surface area contributed by atoms with Crippen LogP contribution in [0.2, 0.25) is 0 Å². The van der Waals surface area contributed by atoms with Crippen LogP contribution in [0.5, 0.6) is 23.0 Å². The molecular formula is C26H24N2O6. The lowest BCUT2D eigenvalue weighted by molar-refractivity contribution is 0.0729. The molecule has 0 aliphatic heterocycles. The minimum absolute atomic E-state index is 0.253. The Morgan fingerprint density at radius 2 is 1.56 bits per heavy atom. The number of ether oxygens (including phenoxy) is 4. The predicted octanol–water partition coefficient (Wildman–Crippen LogP) is 4.25. The second-order valence-electron chi connectivity index (χ2n) is 6.85. The first-order valence-corrected chi connectivity index (χ1v) is 10.3. The molecule has 0 aliphatic rings. The summed E-state index contributed by atoms with van der Waals surface area (Å²) < 4.78 is 21.3. The molecule has 34 heavy (non-hydrogen) atoms. The number of rotatable bonds is 10. The molecule has 0 spiro atoms. The molecule has 3 aromatic carbocycles. The van der Waals surface area contributed by atoms with Gasteiger partial charge >= 0.3 is 5.97 Å². The monoisotopic (exact) mass is 460 g/mol. The van der Waals surface area contributed by atoms with Crippen molar-refractivity contribution in [1.82, 2.24) is 5.43 Å². The number of carbonyl (C=O) groups excluding carboxylic acids is 2. The number of benzene rings is 3. The number of esters is 1. The standard InChI is InChI=1S/C26H24N2O6/c1-4-15-33-22-12-6-19(7-13-22)25(29)28-27-17-18-5-14-23(24(16-18)32-3)34-26(30)20-8-10-21(31-2)11-9-20/h4-14,16-17H,1,15H2,2-3H3,(H,28,29). The zero-order chi connectivity index (χ0) is 24.3. The topological polar surface area (TPSA) is 95.5 Å². The van der Waals surface area contributed by atoms with E-state index in [-0.39, 0.29) is 11.7 Å². The molecule has 0 aromatic heterocycles. The zero-order valence-electron chi connectivity index (χ0n) is 18.8. The van der Waals surface area contributed by atoms with E-state index in [0.29, 0.717) is 40.5 Å². The molecule has 8 nitrogen and oxygen atoms in total. The van der Waals surface area contributed by atoms with E-state index in [9.17, 15) is 9.59 Å². The van der Waals surface area contributed by atoms with Gasteiger partial charge in [-0.05, 0) is 72.3 Å². The van der Waals surface area contributed by atoms with Crippen LogP contribution in [0.25, 0.3) is 0 Å². The Balaban J connectivity index is 1.61. The van der Waals surface area contributed by atoms with Gasteiger partial charge in [0.2, 0.25) is 0 Å². The summed E-state index contributed by atoms with van der Waals surface area (Å²) in [4.78, 5) is 24.7. The number of hydrogen-bond acceptors (Lipinski definition) is 7. The van der Waals surface area contributed by atoms with Gasteiger partial charge in [0.25, 0.3) is 5.91 Å². The smallest absolute Gasteiger partial charge is 0.343 e. The van der Waals surface area contributed by atoms with Crippen molar-refractivity contribution in [3.8, 4) is 23.0 Å². The van der Waals surface area contributed by atoms with Gasteiger partial charge in [-0.3, -0.25) is 4.79 Å². The third kappa shape index (κ3) is 6.46. The van der Waals surface area contributed by atoms with Crippen molar-refractivity contribution in [2.45, 2.75) is 0 Å². The quantitative estimate of drug-likeness (QED) is 0.160. The van der Waals surface area contributed by atoms with Crippen LogP contribution in [-0.2, 0) is 0 Å². The van der Waals surface area contributed by atoms with Gasteiger partial charge in [0.15, 0.2) is 11.5 Å². The Labute approximate surface area is 197 Å². The van der Waals surface area contributed by atoms with Crippen LogP contribution in [0.4, 0.5) is 0 Å². The van der Waals surface area contributed by atoms with Crippen LogP contribution in [0.3, 0.4) is 0 Å². The number of amides is 1. The molecule has 1 N–H and O–H groups in total. The highest BCUT2D eigenvalue weighted by Crippen LogP contribution is 2.28. The molecule has 0 heterocycles. The van der Waals surface area contributed by atoms with Crippen molar-refractivity contribution in [3.05, 3.63) is 96.1 Å². The Morgan fingerprint density at radius 1 is 0.882 bits per heavy atom. The Bertz CT molecular complexity index is 1170. The molecule has 1 amide bonds. The lowest BCUT2D eigenvalue weighted by atomic mass is 10.2. The second kappa shape index (κ2) is 11.9. The number of hydrazone groups is 1. The Hall–Kier alpha value is -4.59. The van der Waals surface area contributed by atoms with Crippen LogP contribution in [0, 0.1) is 0 Å². The highest BCUT2D eigenvalue weighted by Gasteiger charge is 2.13. The van der Waals surface area contributed by atoms with Crippen LogP contribution in [0.1, 0.15) is 26.3 Å². The van der Waals surface area contributed by atoms with Crippen molar-refractivity contribution in [3.63, 3.8) is 0 Å². The first kappa shape index (κ1) is 24.1. The maximum atomic E-state index is 12.4. The van der Waals surface area contributed by atoms with Gasteiger partial charge in [-0.1, -0.05) is 12.7 Å². The van der Waals surface area contributed by atoms with Crippen molar-refractivity contribution in [1.29, 1.82) is 0 Å². The van der Waals surface area contributed by atoms with Gasteiger partial charge in [0.05, 0.1) is 26.0 Å². The van der Waals surface area contributed by atoms with Crippen molar-refractivity contribution in [2.24, 2.45) is 5.10 Å². The predicted molar refractivity (Wildman–Crippen MR) is 128 cm³/mol. The lowest BCUT2D eigenvalue weighted by Crippen LogP contribution is -2.17. The molecule has 0 fully saturated rings. The lowest BCUT2D eigenvalue weighted by Gasteiger charge is -2.10. The van der Waals surface area contributed by atoms with Crippen LogP contribution in [-0.4, -0.2) is 38.9 Å². The van der Waals surface area contributed by atoms with Crippen LogP contribution < -0.4 is 24.4 Å². The number of hydrogen-bond donors (Lipinski definition) is 1. The molecule has 8 heteroatoms. The fraction of sp³-hybridized carbons (Fsp3) is 0.115. The summed E-state index contributed by atoms with van der Waals surface area (Å²) in [5.41, 5.74) is 3.90. The minimum atomic E-state index is -0.532. The maximum Gasteiger partial charge on any atom is 0.343 e. The number of methoxy groups -OCH3 is 2. The summed E-state index contributed by atoms with van der Waals surface area (Å²) in [6.45, 7) is 3.98. The average Bonchev–Trinajstić information content (AvgIpc) is 2.88. The summed E-state index contributed by atoms with van der Waals surface area (Å²) >= 11 is 0. The first-order chi connectivity index (χ1) is 16.5. The van der Waals surface area contributed by atoms with E-state index in [2.05, 4.69) is 17.1 Å². The zero-order valence-corrected chi connectivity index (χ0v) is 18.8. The van der Waals surface area contributed by atoms with E-state index < -0.39 is 5.97 Å². The maximum absolute atomic E-state index is 12.4. The number of nitrogens with one attached hydrogen (secondary N) is 1. The van der Waals surface area contributed by atoms with E-state index in [0.717, 1.165) is 0 Å². The third-order valence-corrected chi connectivity index (χ3v) is 4.58. The molecule has 0 atom stereocenters. The van der Waals surface area contributed by atoms with E-state index in [1.165, 1.54) is 13.3 Å². The van der Waals surface area contributed by atoms with Gasteiger partial charge in [-0.25, -0.2) is 10.2 Å². The molecule has 0 saturated heterocycles. The summed E-state index contributed by atoms with van der Waals surface area (Å²) in [6.07, 6.45) is 3.10. The molecule has 0 saturated carbocycles. The molecule has 0 unspecified atom stereocenters. The minimum Gasteiger partial charge on any atom is -0.497 e. The highest BCUT2D eigenvalue weighted by molar-refractivity contribution is 5.95. The number of nitrogens with zero attached hydrogens (tertiary/aromatic N) is 1. The summed E-state index contributed by atoms with van der Waals surface area (Å²) in [7, 11) is 3.01. The average molecular weight is 460 g/mol. The van der Waals surface area contributed by atoms with Gasteiger partial charge in [0, 0.05) is 5.56 Å². The van der Waals surface area contributed by atoms with Gasteiger partial charge < -0.3 is 18.9 Å².